The summed E-state index contributed by atoms with van der Waals surface area (Å²) in [6.45, 7) is 1.92. The fraction of sp³-hybridized carbons (Fsp3) is 0.111. The summed E-state index contributed by atoms with van der Waals surface area (Å²) in [5, 5.41) is 10.9. The Bertz CT molecular complexity index is 900. The number of carbonyl (C=O) groups excluding carboxylic acids is 4. The lowest BCUT2D eigenvalue weighted by Crippen LogP contribution is -2.29. The Morgan fingerprint density at radius 3 is 2.16 bits per heavy atom. The number of fused-ring (bicyclic) bond motifs is 1. The molecule has 1 aliphatic rings. The van der Waals surface area contributed by atoms with E-state index in [0.717, 1.165) is 11.0 Å². The van der Waals surface area contributed by atoms with Crippen molar-refractivity contribution < 1.29 is 29.0 Å². The van der Waals surface area contributed by atoms with Gasteiger partial charge in [0.25, 0.3) is 11.8 Å². The van der Waals surface area contributed by atoms with E-state index in [9.17, 15) is 24.3 Å². The molecule has 0 atom stereocenters. The van der Waals surface area contributed by atoms with Crippen LogP contribution in [-0.2, 0) is 4.74 Å². The summed E-state index contributed by atoms with van der Waals surface area (Å²) < 4.78 is 4.87. The molecule has 7 heteroatoms. The van der Waals surface area contributed by atoms with Gasteiger partial charge in [0.1, 0.15) is 0 Å². The Labute approximate surface area is 142 Å². The summed E-state index contributed by atoms with van der Waals surface area (Å²) in [5.74, 6) is -3.13. The van der Waals surface area contributed by atoms with E-state index in [-0.39, 0.29) is 29.0 Å². The molecule has 25 heavy (non-hydrogen) atoms. The summed E-state index contributed by atoms with van der Waals surface area (Å²) in [5.41, 5.74) is 0.501. The summed E-state index contributed by atoms with van der Waals surface area (Å²) >= 11 is 0. The first kappa shape index (κ1) is 16.4. The first-order chi connectivity index (χ1) is 11.9. The molecule has 1 heterocycles. The number of hydrogen-bond donors (Lipinski definition) is 0. The standard InChI is InChI=1S/C18H13NO6/c1-2-25-18(24)10-3-6-12(7-4-10)19-15(20)13-8-5-11(17(22)23)9-14(13)16(19)21/h3-9H,2H2,1H3,(H,22,23)/p-1. The Kier molecular flexibility index (Phi) is 4.06. The average Bonchev–Trinajstić information content (AvgIpc) is 2.86. The predicted octanol–water partition coefficient (Wildman–Crippen LogP) is 1.03. The van der Waals surface area contributed by atoms with Crippen LogP contribution in [0.25, 0.3) is 0 Å². The third-order valence-electron chi connectivity index (χ3n) is 3.76. The number of imide groups is 1. The van der Waals surface area contributed by atoms with Crippen LogP contribution in [0.1, 0.15) is 48.4 Å². The van der Waals surface area contributed by atoms with Crippen LogP contribution < -0.4 is 10.0 Å². The largest absolute Gasteiger partial charge is 0.545 e. The normalized spacial score (nSPS) is 12.9. The highest BCUT2D eigenvalue weighted by molar-refractivity contribution is 6.34. The van der Waals surface area contributed by atoms with E-state index in [1.54, 1.807) is 6.92 Å². The predicted molar refractivity (Wildman–Crippen MR) is 84.3 cm³/mol. The van der Waals surface area contributed by atoms with Crippen LogP contribution in [0, 0.1) is 0 Å². The Morgan fingerprint density at radius 1 is 0.960 bits per heavy atom. The monoisotopic (exact) mass is 338 g/mol. The maximum Gasteiger partial charge on any atom is 0.338 e. The van der Waals surface area contributed by atoms with Gasteiger partial charge in [-0.05, 0) is 48.9 Å². The molecule has 1 aliphatic heterocycles. The maximum absolute atomic E-state index is 12.5. The van der Waals surface area contributed by atoms with Crippen LogP contribution in [0.15, 0.2) is 42.5 Å². The number of carboxylic acid groups (broad SMARTS) is 1. The van der Waals surface area contributed by atoms with Crippen LogP contribution in [0.3, 0.4) is 0 Å². The van der Waals surface area contributed by atoms with Gasteiger partial charge in [0, 0.05) is 0 Å². The lowest BCUT2D eigenvalue weighted by Gasteiger charge is -2.14. The molecule has 0 aliphatic carbocycles. The highest BCUT2D eigenvalue weighted by Gasteiger charge is 2.36. The van der Waals surface area contributed by atoms with Crippen molar-refractivity contribution in [1.82, 2.24) is 0 Å². The molecule has 0 aromatic heterocycles. The summed E-state index contributed by atoms with van der Waals surface area (Å²) in [6, 6.07) is 9.42. The van der Waals surface area contributed by atoms with Gasteiger partial charge in [-0.25, -0.2) is 9.69 Å². The van der Waals surface area contributed by atoms with Crippen molar-refractivity contribution in [1.29, 1.82) is 0 Å². The minimum atomic E-state index is -1.43. The van der Waals surface area contributed by atoms with Gasteiger partial charge in [-0.15, -0.1) is 0 Å². The third-order valence-corrected chi connectivity index (χ3v) is 3.76. The van der Waals surface area contributed by atoms with Crippen LogP contribution >= 0.6 is 0 Å². The second kappa shape index (κ2) is 6.20. The quantitative estimate of drug-likeness (QED) is 0.609. The van der Waals surface area contributed by atoms with E-state index in [0.29, 0.717) is 5.56 Å². The van der Waals surface area contributed by atoms with Crippen molar-refractivity contribution in [3.05, 3.63) is 64.7 Å². The number of carbonyl (C=O) groups is 4. The molecule has 0 spiro atoms. The molecule has 0 saturated heterocycles. The number of esters is 1. The van der Waals surface area contributed by atoms with E-state index >= 15 is 0 Å². The number of amides is 2. The molecule has 0 saturated carbocycles. The molecular weight excluding hydrogens is 326 g/mol. The lowest BCUT2D eigenvalue weighted by molar-refractivity contribution is -0.255. The number of benzene rings is 2. The Hall–Kier alpha value is -3.48. The summed E-state index contributed by atoms with van der Waals surface area (Å²) in [7, 11) is 0. The topological polar surface area (TPSA) is 104 Å². The van der Waals surface area contributed by atoms with Gasteiger partial charge in [-0.3, -0.25) is 9.59 Å². The van der Waals surface area contributed by atoms with Crippen molar-refractivity contribution >= 4 is 29.4 Å². The van der Waals surface area contributed by atoms with Gasteiger partial charge in [0.05, 0.1) is 35.0 Å². The average molecular weight is 338 g/mol. The molecule has 7 nitrogen and oxygen atoms in total. The number of anilines is 1. The summed E-state index contributed by atoms with van der Waals surface area (Å²) in [6.07, 6.45) is 0. The Morgan fingerprint density at radius 2 is 1.56 bits per heavy atom. The minimum Gasteiger partial charge on any atom is -0.545 e. The fourth-order valence-electron chi connectivity index (χ4n) is 2.56. The van der Waals surface area contributed by atoms with Crippen LogP contribution in [0.2, 0.25) is 0 Å². The molecule has 0 unspecified atom stereocenters. The van der Waals surface area contributed by atoms with E-state index < -0.39 is 23.8 Å². The molecule has 0 bridgehead atoms. The van der Waals surface area contributed by atoms with Gasteiger partial charge in [0.15, 0.2) is 0 Å². The number of nitrogens with zero attached hydrogens (tertiary/aromatic N) is 1. The molecule has 0 N–H and O–H groups in total. The summed E-state index contributed by atoms with van der Waals surface area (Å²) in [4.78, 5) is 48.5. The van der Waals surface area contributed by atoms with Gasteiger partial charge >= 0.3 is 5.97 Å². The van der Waals surface area contributed by atoms with Gasteiger partial charge in [0.2, 0.25) is 0 Å². The van der Waals surface area contributed by atoms with Gasteiger partial charge in [-0.1, -0.05) is 6.07 Å². The molecule has 2 aromatic rings. The first-order valence-corrected chi connectivity index (χ1v) is 7.45. The molecule has 0 fully saturated rings. The number of carboxylic acids is 1. The van der Waals surface area contributed by atoms with E-state index in [4.69, 9.17) is 4.74 Å². The zero-order valence-corrected chi connectivity index (χ0v) is 13.1. The number of ether oxygens (including phenoxy) is 1. The molecular formula is C18H12NO6-. The number of aromatic carboxylic acids is 1. The van der Waals surface area contributed by atoms with Crippen molar-refractivity contribution in [2.45, 2.75) is 6.92 Å². The van der Waals surface area contributed by atoms with Crippen molar-refractivity contribution in [2.75, 3.05) is 11.5 Å². The number of rotatable bonds is 4. The van der Waals surface area contributed by atoms with Crippen LogP contribution in [0.5, 0.6) is 0 Å². The smallest absolute Gasteiger partial charge is 0.338 e. The molecule has 0 radical (unpaired) electrons. The molecule has 126 valence electrons. The zero-order chi connectivity index (χ0) is 18.1. The SMILES string of the molecule is CCOC(=O)c1ccc(N2C(=O)c3ccc(C(=O)[O-])cc3C2=O)cc1. The van der Waals surface area contributed by atoms with E-state index in [1.807, 2.05) is 0 Å². The van der Waals surface area contributed by atoms with Gasteiger partial charge in [-0.2, -0.15) is 0 Å². The third kappa shape index (κ3) is 2.76. The molecule has 3 rings (SSSR count). The van der Waals surface area contributed by atoms with Gasteiger partial charge < -0.3 is 14.6 Å². The van der Waals surface area contributed by atoms with Crippen molar-refractivity contribution in [3.8, 4) is 0 Å². The zero-order valence-electron chi connectivity index (χ0n) is 13.1. The van der Waals surface area contributed by atoms with Crippen molar-refractivity contribution in [3.63, 3.8) is 0 Å². The Balaban J connectivity index is 1.94. The second-order valence-corrected chi connectivity index (χ2v) is 5.26. The van der Waals surface area contributed by atoms with Crippen LogP contribution in [0.4, 0.5) is 5.69 Å². The first-order valence-electron chi connectivity index (χ1n) is 7.45. The fourth-order valence-corrected chi connectivity index (χ4v) is 2.56. The van der Waals surface area contributed by atoms with Crippen LogP contribution in [-0.4, -0.2) is 30.4 Å². The van der Waals surface area contributed by atoms with E-state index in [2.05, 4.69) is 0 Å². The minimum absolute atomic E-state index is 0.00108. The molecule has 2 amide bonds. The maximum atomic E-state index is 12.5. The molecule has 2 aromatic carbocycles. The van der Waals surface area contributed by atoms with Crippen molar-refractivity contribution in [2.24, 2.45) is 0 Å². The lowest BCUT2D eigenvalue weighted by atomic mass is 10.1. The highest BCUT2D eigenvalue weighted by atomic mass is 16.5. The van der Waals surface area contributed by atoms with E-state index in [1.165, 1.54) is 36.4 Å². The highest BCUT2D eigenvalue weighted by Crippen LogP contribution is 2.29. The number of hydrogen-bond acceptors (Lipinski definition) is 6. The second-order valence-electron chi connectivity index (χ2n) is 5.26.